The summed E-state index contributed by atoms with van der Waals surface area (Å²) in [5, 5.41) is 15.0. The molecule has 0 aliphatic carbocycles. The third-order valence-corrected chi connectivity index (χ3v) is 6.32. The van der Waals surface area contributed by atoms with Gasteiger partial charge in [0.05, 0.1) is 0 Å². The maximum atomic E-state index is 13.8. The number of aromatic nitrogens is 1. The molecule has 1 atom stereocenters. The highest BCUT2D eigenvalue weighted by atomic mass is 32.1. The number of thiazole rings is 1. The quantitative estimate of drug-likeness (QED) is 0.107. The number of carboxylic acid groups (broad SMARTS) is 1. The standard InChI is InChI=1S/C30H25N3O9S/c1-17(34)39-23-14-13-21(15-24(23)40-18(2)35)27(42-33-25(28(36)37)22-16-43-30(31)32-22)29(38)41-26(19-9-5-3-6-10-19)20-11-7-4-8-12-20/h3-16,26-27H,1-2H3,(H2,31,32)(H,36,37)/b33-25+. The van der Waals surface area contributed by atoms with E-state index >= 15 is 0 Å². The Morgan fingerprint density at radius 2 is 1.42 bits per heavy atom. The summed E-state index contributed by atoms with van der Waals surface area (Å²) in [6.07, 6.45) is -2.56. The van der Waals surface area contributed by atoms with Crippen molar-refractivity contribution in [3.8, 4) is 11.5 Å². The molecule has 1 unspecified atom stereocenters. The summed E-state index contributed by atoms with van der Waals surface area (Å²) in [7, 11) is 0. The first-order chi connectivity index (χ1) is 20.6. The van der Waals surface area contributed by atoms with Crippen molar-refractivity contribution in [2.24, 2.45) is 5.16 Å². The minimum Gasteiger partial charge on any atom is -0.476 e. The smallest absolute Gasteiger partial charge is 0.360 e. The van der Waals surface area contributed by atoms with Gasteiger partial charge in [-0.25, -0.2) is 14.6 Å². The van der Waals surface area contributed by atoms with Crippen LogP contribution < -0.4 is 15.2 Å². The van der Waals surface area contributed by atoms with Crippen LogP contribution in [-0.4, -0.2) is 39.7 Å². The Morgan fingerprint density at radius 1 is 0.837 bits per heavy atom. The van der Waals surface area contributed by atoms with Crippen molar-refractivity contribution < 1.29 is 43.3 Å². The van der Waals surface area contributed by atoms with Gasteiger partial charge in [-0.05, 0) is 23.3 Å². The largest absolute Gasteiger partial charge is 0.476 e. The van der Waals surface area contributed by atoms with Crippen molar-refractivity contribution >= 4 is 46.1 Å². The lowest BCUT2D eigenvalue weighted by Crippen LogP contribution is -2.23. The van der Waals surface area contributed by atoms with Gasteiger partial charge in [-0.3, -0.25) is 9.59 Å². The lowest BCUT2D eigenvalue weighted by Gasteiger charge is -2.22. The van der Waals surface area contributed by atoms with E-state index in [2.05, 4.69) is 10.1 Å². The molecule has 1 heterocycles. The molecule has 4 rings (SSSR count). The van der Waals surface area contributed by atoms with Crippen LogP contribution in [-0.2, 0) is 28.8 Å². The van der Waals surface area contributed by atoms with Crippen LogP contribution in [0.3, 0.4) is 0 Å². The molecule has 3 aromatic carbocycles. The van der Waals surface area contributed by atoms with E-state index in [0.717, 1.165) is 25.2 Å². The van der Waals surface area contributed by atoms with E-state index in [1.165, 1.54) is 23.6 Å². The number of hydrogen-bond donors (Lipinski definition) is 2. The van der Waals surface area contributed by atoms with E-state index in [1.54, 1.807) is 48.5 Å². The number of carbonyl (C=O) groups excluding carboxylic acids is 3. The second kappa shape index (κ2) is 13.9. The van der Waals surface area contributed by atoms with Crippen LogP contribution in [0.15, 0.2) is 89.4 Å². The highest BCUT2D eigenvalue weighted by molar-refractivity contribution is 7.13. The Morgan fingerprint density at radius 3 is 1.93 bits per heavy atom. The summed E-state index contributed by atoms with van der Waals surface area (Å²) in [5.41, 5.74) is 6.29. The first kappa shape index (κ1) is 30.4. The lowest BCUT2D eigenvalue weighted by atomic mass is 10.0. The van der Waals surface area contributed by atoms with E-state index in [9.17, 15) is 24.3 Å². The van der Waals surface area contributed by atoms with Gasteiger partial charge in [0.15, 0.2) is 22.7 Å². The minimum atomic E-state index is -1.68. The molecule has 0 aliphatic heterocycles. The number of nitrogens with two attached hydrogens (primary N) is 1. The third kappa shape index (κ3) is 8.01. The van der Waals surface area contributed by atoms with Gasteiger partial charge >= 0.3 is 23.9 Å². The lowest BCUT2D eigenvalue weighted by molar-refractivity contribution is -0.162. The van der Waals surface area contributed by atoms with E-state index in [1.807, 2.05) is 12.1 Å². The summed E-state index contributed by atoms with van der Waals surface area (Å²) in [6, 6.07) is 21.8. The molecule has 1 aromatic heterocycles. The average Bonchev–Trinajstić information content (AvgIpc) is 3.40. The minimum absolute atomic E-state index is 0.0447. The van der Waals surface area contributed by atoms with Gasteiger partial charge in [-0.15, -0.1) is 11.3 Å². The summed E-state index contributed by atoms with van der Waals surface area (Å²) < 4.78 is 16.3. The number of rotatable bonds is 11. The molecule has 0 radical (unpaired) electrons. The fraction of sp³-hybridized carbons (Fsp3) is 0.133. The highest BCUT2D eigenvalue weighted by Gasteiger charge is 2.31. The molecule has 0 saturated heterocycles. The Balaban J connectivity index is 1.78. The number of carbonyl (C=O) groups is 4. The van der Waals surface area contributed by atoms with Gasteiger partial charge in [0.1, 0.15) is 5.69 Å². The molecular weight excluding hydrogens is 578 g/mol. The van der Waals surface area contributed by atoms with Crippen molar-refractivity contribution in [1.82, 2.24) is 4.98 Å². The molecule has 12 nitrogen and oxygen atoms in total. The molecule has 13 heteroatoms. The monoisotopic (exact) mass is 603 g/mol. The van der Waals surface area contributed by atoms with Gasteiger partial charge in [0.2, 0.25) is 11.8 Å². The van der Waals surface area contributed by atoms with E-state index in [0.29, 0.717) is 11.1 Å². The molecule has 0 saturated carbocycles. The summed E-state index contributed by atoms with van der Waals surface area (Å²) in [4.78, 5) is 58.7. The van der Waals surface area contributed by atoms with Crippen molar-refractivity contribution in [3.05, 3.63) is 107 Å². The van der Waals surface area contributed by atoms with Crippen LogP contribution in [0.25, 0.3) is 0 Å². The van der Waals surface area contributed by atoms with Gasteiger partial charge in [0.25, 0.3) is 0 Å². The van der Waals surface area contributed by atoms with Crippen LogP contribution in [0.1, 0.15) is 48.4 Å². The fourth-order valence-corrected chi connectivity index (χ4v) is 4.41. The van der Waals surface area contributed by atoms with Crippen molar-refractivity contribution in [1.29, 1.82) is 0 Å². The van der Waals surface area contributed by atoms with Gasteiger partial charge in [0, 0.05) is 24.8 Å². The van der Waals surface area contributed by atoms with Crippen molar-refractivity contribution in [2.75, 3.05) is 5.73 Å². The fourth-order valence-electron chi connectivity index (χ4n) is 3.86. The van der Waals surface area contributed by atoms with Crippen LogP contribution in [0.4, 0.5) is 5.13 Å². The Labute approximate surface area is 249 Å². The molecule has 0 bridgehead atoms. The first-order valence-electron chi connectivity index (χ1n) is 12.6. The number of aliphatic carboxylic acids is 1. The Hall–Kier alpha value is -5.56. The number of oxime groups is 1. The average molecular weight is 604 g/mol. The predicted octanol–water partition coefficient (Wildman–Crippen LogP) is 4.46. The molecule has 0 aliphatic rings. The second-order valence-electron chi connectivity index (χ2n) is 8.83. The Kier molecular flexibility index (Phi) is 9.81. The molecule has 220 valence electrons. The number of benzene rings is 3. The van der Waals surface area contributed by atoms with E-state index in [-0.39, 0.29) is 27.9 Å². The van der Waals surface area contributed by atoms with Crippen LogP contribution >= 0.6 is 11.3 Å². The van der Waals surface area contributed by atoms with Crippen molar-refractivity contribution in [3.63, 3.8) is 0 Å². The number of nitrogen functional groups attached to an aromatic ring is 1. The summed E-state index contributed by atoms with van der Waals surface area (Å²) >= 11 is 0.990. The maximum absolute atomic E-state index is 13.8. The molecule has 0 fully saturated rings. The zero-order valence-corrected chi connectivity index (χ0v) is 23.6. The molecule has 4 aromatic rings. The summed E-state index contributed by atoms with van der Waals surface area (Å²) in [6.45, 7) is 2.30. The number of ether oxygens (including phenoxy) is 3. The molecule has 3 N–H and O–H groups in total. The maximum Gasteiger partial charge on any atom is 0.360 e. The predicted molar refractivity (Wildman–Crippen MR) is 154 cm³/mol. The number of nitrogens with zero attached hydrogens (tertiary/aromatic N) is 2. The number of anilines is 1. The third-order valence-electron chi connectivity index (χ3n) is 5.65. The topological polar surface area (TPSA) is 177 Å². The van der Waals surface area contributed by atoms with E-state index in [4.69, 9.17) is 24.8 Å². The molecular formula is C30H25N3O9S. The zero-order valence-electron chi connectivity index (χ0n) is 22.8. The van der Waals surface area contributed by atoms with Crippen LogP contribution in [0.2, 0.25) is 0 Å². The molecule has 0 spiro atoms. The normalized spacial score (nSPS) is 11.8. The zero-order chi connectivity index (χ0) is 30.9. The van der Waals surface area contributed by atoms with Gasteiger partial charge in [-0.1, -0.05) is 71.9 Å². The van der Waals surface area contributed by atoms with Crippen LogP contribution in [0, 0.1) is 0 Å². The van der Waals surface area contributed by atoms with Gasteiger partial charge < -0.3 is 29.9 Å². The number of esters is 3. The second-order valence-corrected chi connectivity index (χ2v) is 9.72. The summed E-state index contributed by atoms with van der Waals surface area (Å²) in [5.74, 6) is -4.16. The van der Waals surface area contributed by atoms with Crippen molar-refractivity contribution in [2.45, 2.75) is 26.1 Å². The van der Waals surface area contributed by atoms with Crippen LogP contribution in [0.5, 0.6) is 11.5 Å². The Bertz CT molecular complexity index is 1620. The number of hydrogen-bond acceptors (Lipinski definition) is 12. The SMILES string of the molecule is CC(=O)Oc1ccc(C(O/N=C(/C(=O)O)c2csc(N)n2)C(=O)OC(c2ccccc2)c2ccccc2)cc1OC(C)=O. The first-order valence-corrected chi connectivity index (χ1v) is 13.5. The van der Waals surface area contributed by atoms with E-state index < -0.39 is 41.8 Å². The number of carboxylic acids is 1. The van der Waals surface area contributed by atoms with Gasteiger partial charge in [-0.2, -0.15) is 0 Å². The molecule has 43 heavy (non-hydrogen) atoms. The highest BCUT2D eigenvalue weighted by Crippen LogP contribution is 2.35. The molecule has 0 amide bonds.